The van der Waals surface area contributed by atoms with Crippen molar-refractivity contribution in [3.8, 4) is 17.0 Å². The molecule has 0 atom stereocenters. The molecule has 2 rings (SSSR count). The van der Waals surface area contributed by atoms with Gasteiger partial charge in [0.2, 0.25) is 0 Å². The number of aromatic nitrogens is 1. The molecule has 0 fully saturated rings. The van der Waals surface area contributed by atoms with Crippen molar-refractivity contribution in [2.45, 2.75) is 20.8 Å². The number of methoxy groups -OCH3 is 1. The van der Waals surface area contributed by atoms with E-state index in [9.17, 15) is 0 Å². The minimum atomic E-state index is 0.960. The van der Waals surface area contributed by atoms with E-state index in [2.05, 4.69) is 44.0 Å². The van der Waals surface area contributed by atoms with Crippen LogP contribution in [0.5, 0.6) is 5.75 Å². The summed E-state index contributed by atoms with van der Waals surface area (Å²) in [5.74, 6) is 0.960. The summed E-state index contributed by atoms with van der Waals surface area (Å²) in [7, 11) is 1.71. The zero-order chi connectivity index (χ0) is 12.4. The van der Waals surface area contributed by atoms with E-state index >= 15 is 0 Å². The van der Waals surface area contributed by atoms with Crippen molar-refractivity contribution in [3.63, 3.8) is 0 Å². The lowest BCUT2D eigenvalue weighted by atomic mass is 10.0. The molecule has 0 saturated heterocycles. The Bertz CT molecular complexity index is 523. The van der Waals surface area contributed by atoms with E-state index in [0.29, 0.717) is 0 Å². The standard InChI is InChI=1S/C15H17NO/c1-10-6-5-7-16-14(10)13-8-11(2)15(17-4)12(3)9-13/h5-9H,1-4H3. The molecule has 0 amide bonds. The second kappa shape index (κ2) is 4.58. The molecule has 2 nitrogen and oxygen atoms in total. The molecular weight excluding hydrogens is 210 g/mol. The first-order valence-corrected chi connectivity index (χ1v) is 5.70. The third-order valence-corrected chi connectivity index (χ3v) is 2.95. The maximum atomic E-state index is 5.38. The van der Waals surface area contributed by atoms with Gasteiger partial charge in [-0.1, -0.05) is 6.07 Å². The average Bonchev–Trinajstić information content (AvgIpc) is 2.29. The highest BCUT2D eigenvalue weighted by Crippen LogP contribution is 2.30. The van der Waals surface area contributed by atoms with Gasteiger partial charge in [0.25, 0.3) is 0 Å². The second-order valence-corrected chi connectivity index (χ2v) is 4.31. The number of ether oxygens (including phenoxy) is 1. The molecular formula is C15H17NO. The SMILES string of the molecule is COc1c(C)cc(-c2ncccc2C)cc1C. The maximum Gasteiger partial charge on any atom is 0.124 e. The van der Waals surface area contributed by atoms with Crippen LogP contribution in [0.25, 0.3) is 11.3 Å². The number of nitrogens with zero attached hydrogens (tertiary/aromatic N) is 1. The topological polar surface area (TPSA) is 22.1 Å². The number of pyridine rings is 1. The van der Waals surface area contributed by atoms with E-state index in [1.54, 1.807) is 7.11 Å². The second-order valence-electron chi connectivity index (χ2n) is 4.31. The van der Waals surface area contributed by atoms with E-state index in [0.717, 1.165) is 28.1 Å². The fraction of sp³-hybridized carbons (Fsp3) is 0.267. The predicted molar refractivity (Wildman–Crippen MR) is 70.4 cm³/mol. The normalized spacial score (nSPS) is 10.4. The van der Waals surface area contributed by atoms with Gasteiger partial charge in [0.1, 0.15) is 5.75 Å². The van der Waals surface area contributed by atoms with Crippen molar-refractivity contribution in [2.24, 2.45) is 0 Å². The highest BCUT2D eigenvalue weighted by Gasteiger charge is 2.08. The summed E-state index contributed by atoms with van der Waals surface area (Å²) >= 11 is 0. The molecule has 1 heterocycles. The van der Waals surface area contributed by atoms with Gasteiger partial charge < -0.3 is 4.74 Å². The predicted octanol–water partition coefficient (Wildman–Crippen LogP) is 3.68. The van der Waals surface area contributed by atoms with Crippen molar-refractivity contribution in [1.82, 2.24) is 4.98 Å². The Morgan fingerprint density at radius 2 is 1.65 bits per heavy atom. The van der Waals surface area contributed by atoms with Crippen LogP contribution in [-0.2, 0) is 0 Å². The molecule has 0 saturated carbocycles. The average molecular weight is 227 g/mol. The zero-order valence-corrected chi connectivity index (χ0v) is 10.7. The van der Waals surface area contributed by atoms with Gasteiger partial charge in [-0.3, -0.25) is 4.98 Å². The third kappa shape index (κ3) is 2.16. The molecule has 0 spiro atoms. The van der Waals surface area contributed by atoms with Crippen molar-refractivity contribution in [3.05, 3.63) is 47.2 Å². The summed E-state index contributed by atoms with van der Waals surface area (Å²) in [4.78, 5) is 4.45. The summed E-state index contributed by atoms with van der Waals surface area (Å²) in [5, 5.41) is 0. The van der Waals surface area contributed by atoms with Gasteiger partial charge in [-0.05, 0) is 55.7 Å². The van der Waals surface area contributed by atoms with Gasteiger partial charge in [0, 0.05) is 11.8 Å². The molecule has 2 aromatic rings. The smallest absolute Gasteiger partial charge is 0.124 e. The van der Waals surface area contributed by atoms with Gasteiger partial charge in [0.15, 0.2) is 0 Å². The van der Waals surface area contributed by atoms with Gasteiger partial charge in [-0.25, -0.2) is 0 Å². The first-order chi connectivity index (χ1) is 8.13. The Morgan fingerprint density at radius 1 is 1.00 bits per heavy atom. The Morgan fingerprint density at radius 3 is 2.18 bits per heavy atom. The molecule has 0 unspecified atom stereocenters. The van der Waals surface area contributed by atoms with Crippen LogP contribution in [0.2, 0.25) is 0 Å². The maximum absolute atomic E-state index is 5.38. The highest BCUT2D eigenvalue weighted by atomic mass is 16.5. The molecule has 1 aromatic carbocycles. The van der Waals surface area contributed by atoms with E-state index in [1.807, 2.05) is 12.3 Å². The molecule has 0 aliphatic heterocycles. The Kier molecular flexibility index (Phi) is 3.14. The van der Waals surface area contributed by atoms with E-state index in [1.165, 1.54) is 5.56 Å². The lowest BCUT2D eigenvalue weighted by Gasteiger charge is -2.12. The van der Waals surface area contributed by atoms with E-state index in [4.69, 9.17) is 4.74 Å². The number of benzene rings is 1. The summed E-state index contributed by atoms with van der Waals surface area (Å²) in [5.41, 5.74) is 5.68. The summed E-state index contributed by atoms with van der Waals surface area (Å²) in [6.45, 7) is 6.21. The van der Waals surface area contributed by atoms with Gasteiger partial charge >= 0.3 is 0 Å². The lowest BCUT2D eigenvalue weighted by Crippen LogP contribution is -1.94. The minimum absolute atomic E-state index is 0.960. The largest absolute Gasteiger partial charge is 0.496 e. The molecule has 1 aromatic heterocycles. The molecule has 0 bridgehead atoms. The number of aryl methyl sites for hydroxylation is 3. The summed E-state index contributed by atoms with van der Waals surface area (Å²) < 4.78 is 5.38. The fourth-order valence-corrected chi connectivity index (χ4v) is 2.20. The Labute approximate surface area is 102 Å². The monoisotopic (exact) mass is 227 g/mol. The van der Waals surface area contributed by atoms with Crippen LogP contribution in [-0.4, -0.2) is 12.1 Å². The van der Waals surface area contributed by atoms with E-state index < -0.39 is 0 Å². The minimum Gasteiger partial charge on any atom is -0.496 e. The first-order valence-electron chi connectivity index (χ1n) is 5.70. The fourth-order valence-electron chi connectivity index (χ4n) is 2.20. The van der Waals surface area contributed by atoms with Crippen LogP contribution in [0, 0.1) is 20.8 Å². The molecule has 0 aliphatic carbocycles. The number of rotatable bonds is 2. The summed E-state index contributed by atoms with van der Waals surface area (Å²) in [6, 6.07) is 8.29. The highest BCUT2D eigenvalue weighted by molar-refractivity contribution is 5.66. The molecule has 0 aliphatic rings. The molecule has 88 valence electrons. The Hall–Kier alpha value is -1.83. The van der Waals surface area contributed by atoms with Gasteiger partial charge in [0.05, 0.1) is 12.8 Å². The van der Waals surface area contributed by atoms with Crippen molar-refractivity contribution < 1.29 is 4.74 Å². The lowest BCUT2D eigenvalue weighted by molar-refractivity contribution is 0.408. The van der Waals surface area contributed by atoms with Gasteiger partial charge in [-0.2, -0.15) is 0 Å². The third-order valence-electron chi connectivity index (χ3n) is 2.95. The number of hydrogen-bond donors (Lipinski definition) is 0. The zero-order valence-electron chi connectivity index (χ0n) is 10.7. The van der Waals surface area contributed by atoms with Crippen molar-refractivity contribution in [1.29, 1.82) is 0 Å². The van der Waals surface area contributed by atoms with Crippen LogP contribution >= 0.6 is 0 Å². The van der Waals surface area contributed by atoms with Crippen molar-refractivity contribution >= 4 is 0 Å². The Balaban J connectivity index is 2.59. The van der Waals surface area contributed by atoms with Crippen LogP contribution in [0.3, 0.4) is 0 Å². The van der Waals surface area contributed by atoms with Crippen LogP contribution in [0.4, 0.5) is 0 Å². The van der Waals surface area contributed by atoms with Gasteiger partial charge in [-0.15, -0.1) is 0 Å². The molecule has 17 heavy (non-hydrogen) atoms. The first kappa shape index (κ1) is 11.6. The van der Waals surface area contributed by atoms with Crippen molar-refractivity contribution in [2.75, 3.05) is 7.11 Å². The molecule has 2 heteroatoms. The van der Waals surface area contributed by atoms with Crippen LogP contribution in [0.15, 0.2) is 30.5 Å². The number of hydrogen-bond acceptors (Lipinski definition) is 2. The molecule has 0 radical (unpaired) electrons. The van der Waals surface area contributed by atoms with E-state index in [-0.39, 0.29) is 0 Å². The van der Waals surface area contributed by atoms with Crippen LogP contribution in [0.1, 0.15) is 16.7 Å². The van der Waals surface area contributed by atoms with Crippen LogP contribution < -0.4 is 4.74 Å². The molecule has 0 N–H and O–H groups in total. The quantitative estimate of drug-likeness (QED) is 0.780. The summed E-state index contributed by atoms with van der Waals surface area (Å²) in [6.07, 6.45) is 1.83.